The molecular formula is C26H30F2N4O3. The summed E-state index contributed by atoms with van der Waals surface area (Å²) >= 11 is 0. The van der Waals surface area contributed by atoms with Gasteiger partial charge in [-0.2, -0.15) is 0 Å². The van der Waals surface area contributed by atoms with Gasteiger partial charge in [0.15, 0.2) is 0 Å². The summed E-state index contributed by atoms with van der Waals surface area (Å²) in [4.78, 5) is 19.5. The zero-order valence-corrected chi connectivity index (χ0v) is 20.0. The van der Waals surface area contributed by atoms with Crippen LogP contribution >= 0.6 is 0 Å². The highest BCUT2D eigenvalue weighted by Gasteiger charge is 2.28. The van der Waals surface area contributed by atoms with Crippen molar-refractivity contribution in [1.29, 1.82) is 0 Å². The molecule has 2 heterocycles. The van der Waals surface area contributed by atoms with Crippen LogP contribution < -0.4 is 4.90 Å². The quantitative estimate of drug-likeness (QED) is 0.427. The van der Waals surface area contributed by atoms with E-state index in [4.69, 9.17) is 9.26 Å². The molecule has 4 rings (SSSR count). The number of hydrogen-bond donors (Lipinski definition) is 0. The molecule has 0 N–H and O–H groups in total. The highest BCUT2D eigenvalue weighted by atomic mass is 19.1. The van der Waals surface area contributed by atoms with Crippen molar-refractivity contribution in [2.75, 3.05) is 58.4 Å². The zero-order chi connectivity index (χ0) is 24.8. The molecule has 1 fully saturated rings. The van der Waals surface area contributed by atoms with Crippen molar-refractivity contribution in [2.24, 2.45) is 0 Å². The van der Waals surface area contributed by atoms with Crippen LogP contribution in [0.3, 0.4) is 0 Å². The summed E-state index contributed by atoms with van der Waals surface area (Å²) in [5.74, 6) is -0.356. The lowest BCUT2D eigenvalue weighted by Crippen LogP contribution is -2.45. The highest BCUT2D eigenvalue weighted by Crippen LogP contribution is 2.33. The molecule has 1 amide bonds. The summed E-state index contributed by atoms with van der Waals surface area (Å²) in [5.41, 5.74) is 2.43. The number of methoxy groups -OCH3 is 1. The molecule has 7 nitrogen and oxygen atoms in total. The normalized spacial score (nSPS) is 14.3. The number of ether oxygens (including phenoxy) is 1. The van der Waals surface area contributed by atoms with Crippen LogP contribution in [-0.4, -0.2) is 74.4 Å². The molecule has 1 saturated heterocycles. The Bertz CT molecular complexity index is 1110. The number of carbonyl (C=O) groups excluding carboxylic acids is 1. The average molecular weight is 485 g/mol. The van der Waals surface area contributed by atoms with E-state index in [-0.39, 0.29) is 18.3 Å². The maximum atomic E-state index is 13.6. The van der Waals surface area contributed by atoms with Crippen LogP contribution in [0.25, 0.3) is 11.3 Å². The molecule has 35 heavy (non-hydrogen) atoms. The smallest absolute Gasteiger partial charge is 0.254 e. The van der Waals surface area contributed by atoms with E-state index in [2.05, 4.69) is 22.0 Å². The molecule has 0 radical (unpaired) electrons. The van der Waals surface area contributed by atoms with Crippen molar-refractivity contribution in [1.82, 2.24) is 15.0 Å². The van der Waals surface area contributed by atoms with Gasteiger partial charge in [-0.15, -0.1) is 0 Å². The second kappa shape index (κ2) is 11.4. The fourth-order valence-corrected chi connectivity index (χ4v) is 4.15. The summed E-state index contributed by atoms with van der Waals surface area (Å²) in [6.07, 6.45) is 0.629. The van der Waals surface area contributed by atoms with Crippen molar-refractivity contribution < 1.29 is 22.8 Å². The van der Waals surface area contributed by atoms with E-state index in [1.807, 2.05) is 0 Å². The highest BCUT2D eigenvalue weighted by molar-refractivity contribution is 5.94. The predicted octanol–water partition coefficient (Wildman–Crippen LogP) is 4.05. The fraction of sp³-hybridized carbons (Fsp3) is 0.385. The lowest BCUT2D eigenvalue weighted by Gasteiger charge is -2.33. The van der Waals surface area contributed by atoms with Crippen LogP contribution in [0.2, 0.25) is 0 Å². The number of carbonyl (C=O) groups is 1. The number of hydrogen-bond acceptors (Lipinski definition) is 6. The van der Waals surface area contributed by atoms with Gasteiger partial charge in [0.25, 0.3) is 5.91 Å². The molecule has 0 bridgehead atoms. The Hall–Kier alpha value is -3.30. The molecular weight excluding hydrogens is 454 g/mol. The number of amides is 1. The van der Waals surface area contributed by atoms with Gasteiger partial charge < -0.3 is 24.0 Å². The first-order valence-electron chi connectivity index (χ1n) is 11.7. The number of likely N-dealkylation sites (N-methyl/N-ethyl adjacent to an activating group) is 1. The zero-order valence-electron chi connectivity index (χ0n) is 20.0. The van der Waals surface area contributed by atoms with Crippen LogP contribution in [0.15, 0.2) is 53.1 Å². The molecule has 0 unspecified atom stereocenters. The van der Waals surface area contributed by atoms with E-state index in [1.165, 1.54) is 36.4 Å². The maximum Gasteiger partial charge on any atom is 0.254 e. The minimum atomic E-state index is -0.400. The molecule has 0 atom stereocenters. The first-order chi connectivity index (χ1) is 17.0. The first kappa shape index (κ1) is 24.8. The van der Waals surface area contributed by atoms with Crippen LogP contribution in [0, 0.1) is 11.6 Å². The van der Waals surface area contributed by atoms with Crippen molar-refractivity contribution in [2.45, 2.75) is 13.0 Å². The Morgan fingerprint density at radius 1 is 1.03 bits per heavy atom. The Labute approximate surface area is 203 Å². The Kier molecular flexibility index (Phi) is 8.09. The van der Waals surface area contributed by atoms with Gasteiger partial charge in [0.1, 0.15) is 17.3 Å². The van der Waals surface area contributed by atoms with E-state index in [9.17, 15) is 13.6 Å². The first-order valence-corrected chi connectivity index (χ1v) is 11.7. The van der Waals surface area contributed by atoms with Gasteiger partial charge in [-0.1, -0.05) is 5.16 Å². The summed E-state index contributed by atoms with van der Waals surface area (Å²) in [7, 11) is 3.69. The average Bonchev–Trinajstić information content (AvgIpc) is 3.28. The van der Waals surface area contributed by atoms with Gasteiger partial charge in [-0.25, -0.2) is 8.78 Å². The molecule has 0 aliphatic carbocycles. The topological polar surface area (TPSA) is 62.1 Å². The van der Waals surface area contributed by atoms with Crippen LogP contribution in [0.4, 0.5) is 14.7 Å². The number of piperazine rings is 1. The molecule has 1 aromatic heterocycles. The third-order valence-corrected chi connectivity index (χ3v) is 6.18. The number of benzene rings is 2. The molecule has 0 spiro atoms. The van der Waals surface area contributed by atoms with E-state index >= 15 is 0 Å². The number of rotatable bonds is 9. The second-order valence-corrected chi connectivity index (χ2v) is 8.69. The summed E-state index contributed by atoms with van der Waals surface area (Å²) in [5, 5.41) is 4.34. The molecule has 3 aromatic rings. The van der Waals surface area contributed by atoms with Gasteiger partial charge in [0, 0.05) is 57.6 Å². The summed E-state index contributed by atoms with van der Waals surface area (Å²) < 4.78 is 38.1. The van der Waals surface area contributed by atoms with E-state index in [0.717, 1.165) is 31.7 Å². The minimum absolute atomic E-state index is 0.225. The van der Waals surface area contributed by atoms with Crippen molar-refractivity contribution >= 4 is 11.8 Å². The second-order valence-electron chi connectivity index (χ2n) is 8.69. The fourth-order valence-electron chi connectivity index (χ4n) is 4.15. The summed E-state index contributed by atoms with van der Waals surface area (Å²) in [6.45, 7) is 4.43. The maximum absolute atomic E-state index is 13.6. The van der Waals surface area contributed by atoms with E-state index in [1.54, 1.807) is 24.1 Å². The largest absolute Gasteiger partial charge is 0.385 e. The lowest BCUT2D eigenvalue weighted by atomic mass is 10.1. The Morgan fingerprint density at radius 2 is 1.66 bits per heavy atom. The predicted molar refractivity (Wildman–Crippen MR) is 129 cm³/mol. The Morgan fingerprint density at radius 3 is 2.29 bits per heavy atom. The third-order valence-electron chi connectivity index (χ3n) is 6.18. The third kappa shape index (κ3) is 6.04. The van der Waals surface area contributed by atoms with E-state index < -0.39 is 5.82 Å². The number of halogens is 2. The van der Waals surface area contributed by atoms with Gasteiger partial charge in [-0.05, 0) is 62.0 Å². The van der Waals surface area contributed by atoms with Crippen molar-refractivity contribution in [3.8, 4) is 11.3 Å². The van der Waals surface area contributed by atoms with Gasteiger partial charge in [-0.3, -0.25) is 4.79 Å². The summed E-state index contributed by atoms with van der Waals surface area (Å²) in [6, 6.07) is 11.6. The van der Waals surface area contributed by atoms with Crippen molar-refractivity contribution in [3.63, 3.8) is 0 Å². The number of nitrogens with zero attached hydrogens (tertiary/aromatic N) is 4. The monoisotopic (exact) mass is 484 g/mol. The SMILES string of the molecule is COCCCN(Cc1c(-c2ccc(F)cc2)noc1N1CCN(C)CC1)C(=O)c1ccc(F)cc1. The lowest BCUT2D eigenvalue weighted by molar-refractivity contribution is 0.0724. The van der Waals surface area contributed by atoms with Crippen LogP contribution in [0.5, 0.6) is 0 Å². The standard InChI is InChI=1S/C26H30F2N4O3/c1-30-13-15-31(16-14-30)26-23(24(29-35-26)19-4-8-21(27)9-5-19)18-32(12-3-17-34-2)25(33)20-6-10-22(28)11-7-20/h4-11H,3,12-18H2,1-2H3. The molecule has 9 heteroatoms. The Balaban J connectivity index is 1.70. The molecule has 1 aliphatic heterocycles. The van der Waals surface area contributed by atoms with Crippen LogP contribution in [-0.2, 0) is 11.3 Å². The van der Waals surface area contributed by atoms with Crippen LogP contribution in [0.1, 0.15) is 22.3 Å². The van der Waals surface area contributed by atoms with Gasteiger partial charge >= 0.3 is 0 Å². The molecule has 1 aliphatic rings. The molecule has 0 saturated carbocycles. The van der Waals surface area contributed by atoms with Crippen molar-refractivity contribution in [3.05, 3.63) is 71.3 Å². The van der Waals surface area contributed by atoms with Gasteiger partial charge in [0.2, 0.25) is 5.88 Å². The van der Waals surface area contributed by atoms with E-state index in [0.29, 0.717) is 42.3 Å². The molecule has 2 aromatic carbocycles. The van der Waals surface area contributed by atoms with Gasteiger partial charge in [0.05, 0.1) is 12.1 Å². The molecule has 186 valence electrons. The minimum Gasteiger partial charge on any atom is -0.385 e. The number of aromatic nitrogens is 1. The number of anilines is 1.